The van der Waals surface area contributed by atoms with Crippen LogP contribution in [0.25, 0.3) is 6.08 Å². The number of nitriles is 3. The van der Waals surface area contributed by atoms with Crippen LogP contribution in [-0.4, -0.2) is 10.2 Å². The summed E-state index contributed by atoms with van der Waals surface area (Å²) in [7, 11) is 0. The fraction of sp³-hybridized carbons (Fsp3) is 0.0714. The van der Waals surface area contributed by atoms with Gasteiger partial charge in [-0.1, -0.05) is 6.07 Å². The van der Waals surface area contributed by atoms with Crippen molar-refractivity contribution in [1.82, 2.24) is 0 Å². The monoisotopic (exact) mass is 266 g/mol. The first-order valence-corrected chi connectivity index (χ1v) is 5.42. The van der Waals surface area contributed by atoms with Crippen molar-refractivity contribution in [2.45, 2.75) is 6.61 Å². The summed E-state index contributed by atoms with van der Waals surface area (Å²) in [5, 5.41) is 44.9. The van der Waals surface area contributed by atoms with Crippen LogP contribution in [0.3, 0.4) is 0 Å². The van der Waals surface area contributed by atoms with E-state index in [1.807, 2.05) is 0 Å². The lowest BCUT2D eigenvalue weighted by Crippen LogP contribution is -2.03. The van der Waals surface area contributed by atoms with Gasteiger partial charge in [0.25, 0.3) is 0 Å². The highest BCUT2D eigenvalue weighted by Crippen LogP contribution is 2.21. The van der Waals surface area contributed by atoms with Crippen molar-refractivity contribution in [1.29, 1.82) is 15.8 Å². The molecule has 0 heterocycles. The summed E-state index contributed by atoms with van der Waals surface area (Å²) in [6.07, 6.45) is 1.36. The molecule has 0 aliphatic rings. The molecule has 0 atom stereocenters. The largest absolute Gasteiger partial charge is 0.508 e. The first kappa shape index (κ1) is 14.8. The first-order chi connectivity index (χ1) is 9.57. The molecule has 6 nitrogen and oxygen atoms in total. The number of rotatable bonds is 3. The molecule has 1 aromatic carbocycles. The van der Waals surface area contributed by atoms with Gasteiger partial charge in [0.1, 0.15) is 24.0 Å². The van der Waals surface area contributed by atoms with Crippen LogP contribution >= 0.6 is 0 Å². The zero-order valence-corrected chi connectivity index (χ0v) is 10.3. The lowest BCUT2D eigenvalue weighted by molar-refractivity contribution is 0.275. The fourth-order valence-electron chi connectivity index (χ4n) is 1.44. The molecule has 0 amide bonds. The van der Waals surface area contributed by atoms with Gasteiger partial charge in [0.05, 0.1) is 17.9 Å². The van der Waals surface area contributed by atoms with Crippen LogP contribution in [0, 0.1) is 34.0 Å². The van der Waals surface area contributed by atoms with Crippen molar-refractivity contribution in [3.63, 3.8) is 0 Å². The number of benzene rings is 1. The van der Waals surface area contributed by atoms with Crippen LogP contribution in [0.15, 0.2) is 35.0 Å². The molecule has 0 unspecified atom stereocenters. The topological polar surface area (TPSA) is 138 Å². The summed E-state index contributed by atoms with van der Waals surface area (Å²) in [5.41, 5.74) is 5.78. The molecule has 0 aliphatic heterocycles. The predicted molar refractivity (Wildman–Crippen MR) is 70.1 cm³/mol. The Bertz CT molecular complexity index is 696. The van der Waals surface area contributed by atoms with Crippen molar-refractivity contribution in [3.05, 3.63) is 46.2 Å². The Morgan fingerprint density at radius 3 is 2.35 bits per heavy atom. The van der Waals surface area contributed by atoms with Crippen LogP contribution < -0.4 is 5.73 Å². The first-order valence-electron chi connectivity index (χ1n) is 5.42. The van der Waals surface area contributed by atoms with E-state index in [0.717, 1.165) is 0 Å². The molecule has 0 aromatic heterocycles. The summed E-state index contributed by atoms with van der Waals surface area (Å²) in [6, 6.07) is 9.36. The van der Waals surface area contributed by atoms with Gasteiger partial charge >= 0.3 is 0 Å². The van der Waals surface area contributed by atoms with Crippen LogP contribution in [-0.2, 0) is 6.61 Å². The molecule has 1 aromatic rings. The normalized spacial score (nSPS) is 10.0. The molecule has 0 aliphatic carbocycles. The van der Waals surface area contributed by atoms with E-state index in [-0.39, 0.29) is 29.2 Å². The molecule has 20 heavy (non-hydrogen) atoms. The number of aromatic hydroxyl groups is 1. The fourth-order valence-corrected chi connectivity index (χ4v) is 1.44. The molecule has 0 spiro atoms. The van der Waals surface area contributed by atoms with Crippen molar-refractivity contribution in [2.24, 2.45) is 5.73 Å². The minimum absolute atomic E-state index is 0.0438. The van der Waals surface area contributed by atoms with E-state index in [4.69, 9.17) is 26.6 Å². The summed E-state index contributed by atoms with van der Waals surface area (Å²) >= 11 is 0. The number of aliphatic hydroxyl groups is 1. The van der Waals surface area contributed by atoms with Crippen molar-refractivity contribution in [2.75, 3.05) is 0 Å². The van der Waals surface area contributed by atoms with E-state index in [9.17, 15) is 5.11 Å². The zero-order valence-electron chi connectivity index (χ0n) is 10.3. The van der Waals surface area contributed by atoms with E-state index in [2.05, 4.69) is 0 Å². The number of hydrogen-bond donors (Lipinski definition) is 3. The Morgan fingerprint density at radius 2 is 1.85 bits per heavy atom. The van der Waals surface area contributed by atoms with Crippen molar-refractivity contribution < 1.29 is 10.2 Å². The Balaban J connectivity index is 3.35. The van der Waals surface area contributed by atoms with Gasteiger partial charge in [0.2, 0.25) is 0 Å². The highest BCUT2D eigenvalue weighted by molar-refractivity contribution is 5.67. The third-order valence-corrected chi connectivity index (χ3v) is 2.49. The molecule has 98 valence electrons. The molecule has 0 bridgehead atoms. The lowest BCUT2D eigenvalue weighted by Gasteiger charge is -2.04. The molecular formula is C14H10N4O2. The number of hydrogen-bond acceptors (Lipinski definition) is 6. The smallest absolute Gasteiger partial charge is 0.153 e. The molecule has 4 N–H and O–H groups in total. The van der Waals surface area contributed by atoms with E-state index in [0.29, 0.717) is 11.1 Å². The molecule has 0 saturated carbocycles. The highest BCUT2D eigenvalue weighted by Gasteiger charge is 2.08. The molecule has 0 saturated heterocycles. The predicted octanol–water partition coefficient (Wildman–Crippen LogP) is 1.05. The molecule has 0 radical (unpaired) electrons. The summed E-state index contributed by atoms with van der Waals surface area (Å²) in [6.45, 7) is -0.359. The van der Waals surface area contributed by atoms with Crippen molar-refractivity contribution in [3.8, 4) is 24.0 Å². The SMILES string of the molecule is N#CC(C#N)=C(N)/C(C#N)=C/c1ccc(O)c(CO)c1. The number of nitrogens with two attached hydrogens (primary N) is 1. The Morgan fingerprint density at radius 1 is 1.20 bits per heavy atom. The Labute approximate surface area is 115 Å². The highest BCUT2D eigenvalue weighted by atomic mass is 16.3. The Hall–Kier alpha value is -3.27. The maximum atomic E-state index is 9.43. The Kier molecular flexibility index (Phi) is 4.89. The second-order valence-corrected chi connectivity index (χ2v) is 3.73. The van der Waals surface area contributed by atoms with Gasteiger partial charge in [0.15, 0.2) is 5.57 Å². The van der Waals surface area contributed by atoms with Gasteiger partial charge in [-0.15, -0.1) is 0 Å². The molecular weight excluding hydrogens is 256 g/mol. The quantitative estimate of drug-likeness (QED) is 0.552. The summed E-state index contributed by atoms with van der Waals surface area (Å²) < 4.78 is 0. The molecule has 1 rings (SSSR count). The molecule has 0 fully saturated rings. The van der Waals surface area contributed by atoms with E-state index in [1.54, 1.807) is 18.2 Å². The van der Waals surface area contributed by atoms with E-state index < -0.39 is 0 Å². The van der Waals surface area contributed by atoms with Crippen LogP contribution in [0.1, 0.15) is 11.1 Å². The van der Waals surface area contributed by atoms with Crippen molar-refractivity contribution >= 4 is 6.08 Å². The summed E-state index contributed by atoms with van der Waals surface area (Å²) in [4.78, 5) is 0. The van der Waals surface area contributed by atoms with Gasteiger partial charge in [-0.05, 0) is 23.8 Å². The number of phenols is 1. The maximum absolute atomic E-state index is 9.43. The van der Waals surface area contributed by atoms with Gasteiger partial charge in [-0.25, -0.2) is 0 Å². The number of nitrogens with zero attached hydrogens (tertiary/aromatic N) is 3. The molecule has 6 heteroatoms. The maximum Gasteiger partial charge on any atom is 0.153 e. The lowest BCUT2D eigenvalue weighted by atomic mass is 10.0. The van der Waals surface area contributed by atoms with Crippen LogP contribution in [0.2, 0.25) is 0 Å². The summed E-state index contributed by atoms with van der Waals surface area (Å²) in [5.74, 6) is -0.0681. The van der Waals surface area contributed by atoms with Crippen LogP contribution in [0.4, 0.5) is 0 Å². The zero-order chi connectivity index (χ0) is 15.1. The van der Waals surface area contributed by atoms with Crippen LogP contribution in [0.5, 0.6) is 5.75 Å². The van der Waals surface area contributed by atoms with Gasteiger partial charge in [-0.3, -0.25) is 0 Å². The number of allylic oxidation sites excluding steroid dienone is 2. The third kappa shape index (κ3) is 3.14. The van der Waals surface area contributed by atoms with Gasteiger partial charge in [0, 0.05) is 5.56 Å². The number of aliphatic hydroxyl groups excluding tert-OH is 1. The van der Waals surface area contributed by atoms with E-state index in [1.165, 1.54) is 24.3 Å². The second kappa shape index (κ2) is 6.61. The second-order valence-electron chi connectivity index (χ2n) is 3.73. The van der Waals surface area contributed by atoms with Gasteiger partial charge < -0.3 is 15.9 Å². The minimum atomic E-state index is -0.359. The minimum Gasteiger partial charge on any atom is -0.508 e. The van der Waals surface area contributed by atoms with E-state index >= 15 is 0 Å². The van der Waals surface area contributed by atoms with Gasteiger partial charge in [-0.2, -0.15) is 15.8 Å². The third-order valence-electron chi connectivity index (χ3n) is 2.49. The standard InChI is InChI=1S/C14H10N4O2/c15-5-10(14(18)12(6-16)7-17)3-9-1-2-13(20)11(4-9)8-19/h1-4,19-20H,8,18H2/b10-3+. The average molecular weight is 266 g/mol. The average Bonchev–Trinajstić information content (AvgIpc) is 2.47.